The van der Waals surface area contributed by atoms with Crippen molar-refractivity contribution in [1.29, 1.82) is 0 Å². The molecule has 1 rings (SSSR count). The summed E-state index contributed by atoms with van der Waals surface area (Å²) in [5.41, 5.74) is 5.10. The number of carbonyl (C=O) groups excluding carboxylic acids is 1. The lowest BCUT2D eigenvalue weighted by Crippen LogP contribution is -2.37. The van der Waals surface area contributed by atoms with Gasteiger partial charge in [0.2, 0.25) is 15.9 Å². The minimum absolute atomic E-state index is 0.125. The third-order valence-electron chi connectivity index (χ3n) is 2.61. The summed E-state index contributed by atoms with van der Waals surface area (Å²) >= 11 is 0. The SMILES string of the molecule is CCNC(=O)CNS(=O)(=O)c1cc([N+](=O)[O-])c(N)cc1C. The lowest BCUT2D eigenvalue weighted by Gasteiger charge is -2.10. The van der Waals surface area contributed by atoms with E-state index in [1.54, 1.807) is 6.92 Å². The van der Waals surface area contributed by atoms with Crippen molar-refractivity contribution in [2.75, 3.05) is 18.8 Å². The van der Waals surface area contributed by atoms with Crippen molar-refractivity contribution < 1.29 is 18.1 Å². The molecule has 0 saturated carbocycles. The number of hydrogen-bond donors (Lipinski definition) is 3. The number of carbonyl (C=O) groups is 1. The van der Waals surface area contributed by atoms with Gasteiger partial charge in [-0.1, -0.05) is 0 Å². The molecule has 0 aliphatic rings. The molecule has 1 aromatic carbocycles. The van der Waals surface area contributed by atoms with Gasteiger partial charge in [-0.3, -0.25) is 14.9 Å². The molecule has 0 saturated heterocycles. The molecule has 0 unspecified atom stereocenters. The highest BCUT2D eigenvalue weighted by atomic mass is 32.2. The maximum atomic E-state index is 12.1. The first kappa shape index (κ1) is 16.9. The maximum absolute atomic E-state index is 12.1. The van der Waals surface area contributed by atoms with Crippen molar-refractivity contribution in [3.8, 4) is 0 Å². The molecular weight excluding hydrogens is 300 g/mol. The number of hydrogen-bond acceptors (Lipinski definition) is 6. The number of sulfonamides is 1. The zero-order valence-electron chi connectivity index (χ0n) is 11.5. The van der Waals surface area contributed by atoms with Gasteiger partial charge < -0.3 is 11.1 Å². The zero-order chi connectivity index (χ0) is 16.2. The summed E-state index contributed by atoms with van der Waals surface area (Å²) in [4.78, 5) is 21.0. The molecule has 0 aromatic heterocycles. The van der Waals surface area contributed by atoms with Crippen LogP contribution in [0.25, 0.3) is 0 Å². The molecule has 4 N–H and O–H groups in total. The van der Waals surface area contributed by atoms with Crippen LogP contribution in [0, 0.1) is 17.0 Å². The molecule has 1 aromatic rings. The zero-order valence-corrected chi connectivity index (χ0v) is 12.4. The van der Waals surface area contributed by atoms with E-state index in [0.717, 1.165) is 6.07 Å². The predicted molar refractivity (Wildman–Crippen MR) is 76.1 cm³/mol. The van der Waals surface area contributed by atoms with Crippen molar-refractivity contribution >= 4 is 27.3 Å². The summed E-state index contributed by atoms with van der Waals surface area (Å²) in [6, 6.07) is 2.09. The number of amides is 1. The first-order valence-electron chi connectivity index (χ1n) is 6.00. The van der Waals surface area contributed by atoms with Crippen molar-refractivity contribution in [2.24, 2.45) is 0 Å². The third-order valence-corrected chi connectivity index (χ3v) is 4.15. The Morgan fingerprint density at radius 1 is 1.43 bits per heavy atom. The van der Waals surface area contributed by atoms with Gasteiger partial charge in [0, 0.05) is 12.6 Å². The maximum Gasteiger partial charge on any atom is 0.293 e. The number of aryl methyl sites for hydroxylation is 1. The molecule has 21 heavy (non-hydrogen) atoms. The molecule has 0 atom stereocenters. The van der Waals surface area contributed by atoms with Crippen molar-refractivity contribution in [3.05, 3.63) is 27.8 Å². The van der Waals surface area contributed by atoms with E-state index >= 15 is 0 Å². The second-order valence-electron chi connectivity index (χ2n) is 4.21. The van der Waals surface area contributed by atoms with Gasteiger partial charge in [0.25, 0.3) is 5.69 Å². The molecule has 0 heterocycles. The van der Waals surface area contributed by atoms with Gasteiger partial charge >= 0.3 is 0 Å². The summed E-state index contributed by atoms with van der Waals surface area (Å²) in [6.45, 7) is 3.07. The highest BCUT2D eigenvalue weighted by Crippen LogP contribution is 2.28. The minimum Gasteiger partial charge on any atom is -0.393 e. The van der Waals surface area contributed by atoms with E-state index in [-0.39, 0.29) is 16.1 Å². The van der Waals surface area contributed by atoms with Gasteiger partial charge in [-0.25, -0.2) is 13.1 Å². The van der Waals surface area contributed by atoms with E-state index in [1.165, 1.54) is 13.0 Å². The molecule has 0 bridgehead atoms. The Balaban J connectivity index is 3.11. The Hall–Kier alpha value is -2.20. The molecular formula is C11H16N4O5S. The van der Waals surface area contributed by atoms with Crippen molar-refractivity contribution in [3.63, 3.8) is 0 Å². The third kappa shape index (κ3) is 4.13. The average molecular weight is 316 g/mol. The summed E-state index contributed by atoms with van der Waals surface area (Å²) in [6.07, 6.45) is 0. The highest BCUT2D eigenvalue weighted by molar-refractivity contribution is 7.89. The molecule has 116 valence electrons. The first-order chi connectivity index (χ1) is 9.69. The monoisotopic (exact) mass is 316 g/mol. The molecule has 0 radical (unpaired) electrons. The first-order valence-corrected chi connectivity index (χ1v) is 7.48. The molecule has 0 aliphatic carbocycles. The van der Waals surface area contributed by atoms with Crippen LogP contribution >= 0.6 is 0 Å². The highest BCUT2D eigenvalue weighted by Gasteiger charge is 2.23. The Morgan fingerprint density at radius 2 is 2.05 bits per heavy atom. The summed E-state index contributed by atoms with van der Waals surface area (Å²) in [5.74, 6) is -0.497. The van der Waals surface area contributed by atoms with Crippen LogP contribution in [0.15, 0.2) is 17.0 Å². The molecule has 0 aliphatic heterocycles. The van der Waals surface area contributed by atoms with Gasteiger partial charge in [-0.15, -0.1) is 0 Å². The van der Waals surface area contributed by atoms with E-state index in [2.05, 4.69) is 10.0 Å². The number of nitro benzene ring substituents is 1. The molecule has 0 fully saturated rings. The van der Waals surface area contributed by atoms with Crippen LogP contribution in [-0.2, 0) is 14.8 Å². The van der Waals surface area contributed by atoms with E-state index in [9.17, 15) is 23.3 Å². The minimum atomic E-state index is -4.05. The second-order valence-corrected chi connectivity index (χ2v) is 5.95. The van der Waals surface area contributed by atoms with Crippen LogP contribution < -0.4 is 15.8 Å². The Bertz CT molecular complexity index is 671. The summed E-state index contributed by atoms with van der Waals surface area (Å²) < 4.78 is 26.3. The number of likely N-dealkylation sites (N-methyl/N-ethyl adjacent to an activating group) is 1. The largest absolute Gasteiger partial charge is 0.393 e. The number of nitrogens with zero attached hydrogens (tertiary/aromatic N) is 1. The fraction of sp³-hybridized carbons (Fsp3) is 0.364. The van der Waals surface area contributed by atoms with Gasteiger partial charge in [0.1, 0.15) is 5.69 Å². The fourth-order valence-electron chi connectivity index (χ4n) is 1.65. The molecule has 10 heteroatoms. The van der Waals surface area contributed by atoms with Gasteiger partial charge in [-0.2, -0.15) is 0 Å². The van der Waals surface area contributed by atoms with E-state index in [1.807, 2.05) is 0 Å². The van der Waals surface area contributed by atoms with E-state index < -0.39 is 33.1 Å². The van der Waals surface area contributed by atoms with Crippen molar-refractivity contribution in [2.45, 2.75) is 18.7 Å². The number of rotatable bonds is 6. The average Bonchev–Trinajstić information content (AvgIpc) is 2.36. The number of benzene rings is 1. The van der Waals surface area contributed by atoms with Crippen LogP contribution in [0.3, 0.4) is 0 Å². The molecule has 0 spiro atoms. The van der Waals surface area contributed by atoms with Gasteiger partial charge in [0.05, 0.1) is 16.4 Å². The number of nitrogen functional groups attached to an aromatic ring is 1. The lowest BCUT2D eigenvalue weighted by molar-refractivity contribution is -0.384. The lowest BCUT2D eigenvalue weighted by atomic mass is 10.2. The molecule has 9 nitrogen and oxygen atoms in total. The van der Waals surface area contributed by atoms with Crippen LogP contribution in [0.5, 0.6) is 0 Å². The van der Waals surface area contributed by atoms with Crippen LogP contribution in [0.4, 0.5) is 11.4 Å². The number of anilines is 1. The Labute approximate surface area is 121 Å². The quantitative estimate of drug-likeness (QED) is 0.379. The van der Waals surface area contributed by atoms with Gasteiger partial charge in [0.15, 0.2) is 0 Å². The molecule has 1 amide bonds. The normalized spacial score (nSPS) is 11.1. The topological polar surface area (TPSA) is 144 Å². The standard InChI is InChI=1S/C11H16N4O5S/c1-3-13-11(16)6-14-21(19,20)10-5-9(15(17)18)8(12)4-7(10)2/h4-5,14H,3,6,12H2,1-2H3,(H,13,16). The number of nitrogens with two attached hydrogens (primary N) is 1. The second kappa shape index (κ2) is 6.50. The Morgan fingerprint density at radius 3 is 2.57 bits per heavy atom. The fourth-order valence-corrected chi connectivity index (χ4v) is 2.87. The van der Waals surface area contributed by atoms with E-state index in [4.69, 9.17) is 5.73 Å². The number of nitro groups is 1. The Kier molecular flexibility index (Phi) is 5.22. The van der Waals surface area contributed by atoms with Crippen molar-refractivity contribution in [1.82, 2.24) is 10.0 Å². The smallest absolute Gasteiger partial charge is 0.293 e. The van der Waals surface area contributed by atoms with E-state index in [0.29, 0.717) is 6.54 Å². The van der Waals surface area contributed by atoms with Gasteiger partial charge in [-0.05, 0) is 25.5 Å². The summed E-state index contributed by atoms with van der Waals surface area (Å²) in [5, 5.41) is 13.2. The predicted octanol–water partition coefficient (Wildman–Crippen LogP) is -0.100. The summed E-state index contributed by atoms with van der Waals surface area (Å²) in [7, 11) is -4.05. The number of nitrogens with one attached hydrogen (secondary N) is 2. The van der Waals surface area contributed by atoms with Crippen LogP contribution in [0.2, 0.25) is 0 Å². The van der Waals surface area contributed by atoms with Crippen LogP contribution in [-0.4, -0.2) is 32.3 Å². The van der Waals surface area contributed by atoms with Crippen LogP contribution in [0.1, 0.15) is 12.5 Å².